The molecule has 0 aromatic rings. The third-order valence-electron chi connectivity index (χ3n) is 3.77. The molecule has 16 heavy (non-hydrogen) atoms. The molecular weight excluding hydrogens is 208 g/mol. The average Bonchev–Trinajstić information content (AvgIpc) is 2.65. The van der Waals surface area contributed by atoms with Crippen molar-refractivity contribution in [1.29, 1.82) is 0 Å². The lowest BCUT2D eigenvalue weighted by atomic mass is 9.93. The van der Waals surface area contributed by atoms with Crippen molar-refractivity contribution in [2.45, 2.75) is 44.4 Å². The molecule has 3 unspecified atom stereocenters. The van der Waals surface area contributed by atoms with Gasteiger partial charge in [-0.15, -0.1) is 0 Å². The van der Waals surface area contributed by atoms with Crippen molar-refractivity contribution in [1.82, 2.24) is 10.2 Å². The Morgan fingerprint density at radius 3 is 2.62 bits per heavy atom. The largest absolute Gasteiger partial charge is 0.377 e. The second kappa shape index (κ2) is 3.82. The molecule has 2 heterocycles. The molecule has 5 heteroatoms. The predicted molar refractivity (Wildman–Crippen MR) is 57.8 cm³/mol. The number of likely N-dealkylation sites (N-methyl/N-ethyl adjacent to an activating group) is 1. The average molecular weight is 226 g/mol. The highest BCUT2D eigenvalue weighted by atomic mass is 16.5. The number of hydrogen-bond donors (Lipinski definition) is 1. The number of rotatable bonds is 2. The lowest BCUT2D eigenvalue weighted by Gasteiger charge is -2.31. The van der Waals surface area contributed by atoms with Crippen LogP contribution >= 0.6 is 0 Å². The van der Waals surface area contributed by atoms with E-state index in [-0.39, 0.29) is 35.9 Å². The first-order valence-electron chi connectivity index (χ1n) is 5.64. The Morgan fingerprint density at radius 2 is 2.19 bits per heavy atom. The molecule has 2 saturated heterocycles. The first-order chi connectivity index (χ1) is 7.44. The quantitative estimate of drug-likeness (QED) is 0.668. The number of nitrogens with zero attached hydrogens (tertiary/aromatic N) is 1. The monoisotopic (exact) mass is 226 g/mol. The summed E-state index contributed by atoms with van der Waals surface area (Å²) in [7, 11) is 1.53. The van der Waals surface area contributed by atoms with E-state index >= 15 is 0 Å². The van der Waals surface area contributed by atoms with E-state index < -0.39 is 0 Å². The van der Waals surface area contributed by atoms with Gasteiger partial charge in [0, 0.05) is 19.2 Å². The van der Waals surface area contributed by atoms with Crippen molar-refractivity contribution < 1.29 is 14.3 Å². The molecule has 2 amide bonds. The molecule has 2 aliphatic rings. The maximum Gasteiger partial charge on any atom is 0.246 e. The molecular formula is C11H18N2O3. The molecule has 0 aromatic carbocycles. The van der Waals surface area contributed by atoms with Crippen LogP contribution in [0.25, 0.3) is 0 Å². The Hall–Kier alpha value is -0.940. The van der Waals surface area contributed by atoms with Crippen molar-refractivity contribution >= 4 is 11.8 Å². The summed E-state index contributed by atoms with van der Waals surface area (Å²) in [6.07, 6.45) is 1.20. The number of carbonyl (C=O) groups excluding carboxylic acids is 2. The maximum absolute atomic E-state index is 11.8. The fraction of sp³-hybridized carbons (Fsp3) is 0.818. The summed E-state index contributed by atoms with van der Waals surface area (Å²) in [4.78, 5) is 24.3. The van der Waals surface area contributed by atoms with Crippen LogP contribution in [0.3, 0.4) is 0 Å². The van der Waals surface area contributed by atoms with Crippen LogP contribution < -0.4 is 5.32 Å². The van der Waals surface area contributed by atoms with Crippen molar-refractivity contribution in [3.63, 3.8) is 0 Å². The highest BCUT2D eigenvalue weighted by Gasteiger charge is 2.44. The van der Waals surface area contributed by atoms with Gasteiger partial charge < -0.3 is 4.74 Å². The van der Waals surface area contributed by atoms with E-state index in [9.17, 15) is 9.59 Å². The van der Waals surface area contributed by atoms with Crippen LogP contribution in [-0.4, -0.2) is 48.1 Å². The van der Waals surface area contributed by atoms with Gasteiger partial charge in [0.1, 0.15) is 0 Å². The van der Waals surface area contributed by atoms with Crippen molar-refractivity contribution in [2.75, 3.05) is 13.7 Å². The Balaban J connectivity index is 2.06. The van der Waals surface area contributed by atoms with E-state index in [1.165, 1.54) is 11.9 Å². The molecule has 0 saturated carbocycles. The number of hydrogen-bond acceptors (Lipinski definition) is 4. The first kappa shape index (κ1) is 11.5. The lowest BCUT2D eigenvalue weighted by molar-refractivity contribution is -0.137. The standard InChI is InChI=1S/C11H18N2O3/c1-7-11(2,4-5-16-7)12-8-6-9(14)13(3)10(8)15/h7-8,12H,4-6H2,1-3H3. The molecule has 0 aromatic heterocycles. The van der Waals surface area contributed by atoms with Crippen LogP contribution in [0.5, 0.6) is 0 Å². The molecule has 0 bridgehead atoms. The lowest BCUT2D eigenvalue weighted by Crippen LogP contribution is -2.54. The van der Waals surface area contributed by atoms with Crippen LogP contribution in [0.15, 0.2) is 0 Å². The second-order valence-electron chi connectivity index (χ2n) is 4.87. The number of imide groups is 1. The van der Waals surface area contributed by atoms with Crippen molar-refractivity contribution in [3.8, 4) is 0 Å². The summed E-state index contributed by atoms with van der Waals surface area (Å²) in [6.45, 7) is 4.74. The van der Waals surface area contributed by atoms with Gasteiger partial charge >= 0.3 is 0 Å². The Labute approximate surface area is 95.1 Å². The van der Waals surface area contributed by atoms with E-state index in [0.717, 1.165) is 6.42 Å². The summed E-state index contributed by atoms with van der Waals surface area (Å²) < 4.78 is 5.50. The first-order valence-corrected chi connectivity index (χ1v) is 5.64. The molecule has 0 radical (unpaired) electrons. The molecule has 1 N–H and O–H groups in total. The van der Waals surface area contributed by atoms with Gasteiger partial charge in [-0.3, -0.25) is 19.8 Å². The van der Waals surface area contributed by atoms with Crippen LogP contribution in [0.4, 0.5) is 0 Å². The van der Waals surface area contributed by atoms with Crippen molar-refractivity contribution in [3.05, 3.63) is 0 Å². The number of nitrogens with one attached hydrogen (secondary N) is 1. The van der Waals surface area contributed by atoms with Crippen LogP contribution in [0.1, 0.15) is 26.7 Å². The van der Waals surface area contributed by atoms with Gasteiger partial charge in [0.2, 0.25) is 11.8 Å². The zero-order valence-corrected chi connectivity index (χ0v) is 9.95. The van der Waals surface area contributed by atoms with Crippen LogP contribution in [-0.2, 0) is 14.3 Å². The highest BCUT2D eigenvalue weighted by Crippen LogP contribution is 2.27. The zero-order chi connectivity index (χ0) is 11.9. The van der Waals surface area contributed by atoms with Crippen molar-refractivity contribution in [2.24, 2.45) is 0 Å². The summed E-state index contributed by atoms with van der Waals surface area (Å²) >= 11 is 0. The Kier molecular flexibility index (Phi) is 2.75. The van der Waals surface area contributed by atoms with Gasteiger partial charge in [-0.1, -0.05) is 0 Å². The topological polar surface area (TPSA) is 58.6 Å². The zero-order valence-electron chi connectivity index (χ0n) is 9.95. The minimum atomic E-state index is -0.383. The molecule has 0 spiro atoms. The number of carbonyl (C=O) groups is 2. The van der Waals surface area contributed by atoms with E-state index in [2.05, 4.69) is 5.32 Å². The summed E-state index contributed by atoms with van der Waals surface area (Å²) in [5.41, 5.74) is -0.203. The van der Waals surface area contributed by atoms with Gasteiger partial charge in [0.05, 0.1) is 18.6 Å². The molecule has 2 fully saturated rings. The van der Waals surface area contributed by atoms with Gasteiger partial charge in [0.25, 0.3) is 0 Å². The minimum Gasteiger partial charge on any atom is -0.377 e. The van der Waals surface area contributed by atoms with Gasteiger partial charge in [-0.05, 0) is 20.3 Å². The Bertz CT molecular complexity index is 331. The van der Waals surface area contributed by atoms with Gasteiger partial charge in [0.15, 0.2) is 0 Å². The minimum absolute atomic E-state index is 0.0707. The van der Waals surface area contributed by atoms with E-state index in [1.54, 1.807) is 0 Å². The molecule has 2 aliphatic heterocycles. The van der Waals surface area contributed by atoms with Crippen LogP contribution in [0, 0.1) is 0 Å². The fourth-order valence-corrected chi connectivity index (χ4v) is 2.29. The molecule has 3 atom stereocenters. The van der Waals surface area contributed by atoms with Gasteiger partial charge in [-0.25, -0.2) is 0 Å². The highest BCUT2D eigenvalue weighted by molar-refractivity contribution is 6.05. The van der Waals surface area contributed by atoms with Crippen LogP contribution in [0.2, 0.25) is 0 Å². The van der Waals surface area contributed by atoms with E-state index in [0.29, 0.717) is 6.61 Å². The summed E-state index contributed by atoms with van der Waals surface area (Å²) in [5.74, 6) is -0.247. The molecule has 90 valence electrons. The normalized spacial score (nSPS) is 39.8. The fourth-order valence-electron chi connectivity index (χ4n) is 2.29. The number of ether oxygens (including phenoxy) is 1. The summed E-state index contributed by atoms with van der Waals surface area (Å²) in [5, 5.41) is 3.28. The third-order valence-corrected chi connectivity index (χ3v) is 3.77. The van der Waals surface area contributed by atoms with E-state index in [1.807, 2.05) is 13.8 Å². The Morgan fingerprint density at radius 1 is 1.50 bits per heavy atom. The summed E-state index contributed by atoms with van der Waals surface area (Å²) in [6, 6.07) is -0.383. The number of amides is 2. The molecule has 0 aliphatic carbocycles. The molecule has 5 nitrogen and oxygen atoms in total. The smallest absolute Gasteiger partial charge is 0.246 e. The third kappa shape index (κ3) is 1.74. The predicted octanol–water partition coefficient (Wildman–Crippen LogP) is -0.0992. The van der Waals surface area contributed by atoms with E-state index in [4.69, 9.17) is 4.74 Å². The maximum atomic E-state index is 11.8. The second-order valence-corrected chi connectivity index (χ2v) is 4.87. The molecule has 2 rings (SSSR count). The van der Waals surface area contributed by atoms with Gasteiger partial charge in [-0.2, -0.15) is 0 Å². The number of likely N-dealkylation sites (tertiary alicyclic amines) is 1. The SMILES string of the molecule is CC1OCCC1(C)NC1CC(=O)N(C)C1=O.